The van der Waals surface area contributed by atoms with E-state index in [4.69, 9.17) is 0 Å². The Morgan fingerprint density at radius 3 is 1.50 bits per heavy atom. The summed E-state index contributed by atoms with van der Waals surface area (Å²) in [6.45, 7) is 9.95. The van der Waals surface area contributed by atoms with E-state index < -0.39 is 0 Å². The van der Waals surface area contributed by atoms with E-state index in [1.165, 1.54) is 5.06 Å². The molecule has 0 unspecified atom stereocenters. The van der Waals surface area contributed by atoms with Crippen molar-refractivity contribution in [3.63, 3.8) is 0 Å². The van der Waals surface area contributed by atoms with Crippen molar-refractivity contribution in [2.45, 2.75) is 27.7 Å². The zero-order valence-electron chi connectivity index (χ0n) is 7.46. The quantitative estimate of drug-likeness (QED) is 0.611. The highest BCUT2D eigenvalue weighted by Gasteiger charge is 2.04. The number of nitrogens with zero attached hydrogens (tertiary/aromatic N) is 1. The molecule has 0 spiro atoms. The molecule has 2 nitrogen and oxygen atoms in total. The number of rotatable bonds is 4. The highest BCUT2D eigenvalue weighted by molar-refractivity contribution is 4.52. The van der Waals surface area contributed by atoms with Crippen LogP contribution in [-0.2, 0) is 0 Å². The molecule has 0 saturated heterocycles. The van der Waals surface area contributed by atoms with Crippen molar-refractivity contribution in [2.24, 2.45) is 11.8 Å². The van der Waals surface area contributed by atoms with Gasteiger partial charge in [0.05, 0.1) is 0 Å². The van der Waals surface area contributed by atoms with Crippen LogP contribution in [0.3, 0.4) is 0 Å². The summed E-state index contributed by atoms with van der Waals surface area (Å²) < 4.78 is 0. The van der Waals surface area contributed by atoms with Gasteiger partial charge in [-0.3, -0.25) is 0 Å². The largest absolute Gasteiger partial charge is 0.314 e. The SMILES string of the molecule is CC(C)CN(O)CC(C)C. The summed E-state index contributed by atoms with van der Waals surface area (Å²) >= 11 is 0. The average Bonchev–Trinajstić information content (AvgIpc) is 1.58. The normalized spacial score (nSPS) is 12.0. The van der Waals surface area contributed by atoms with Gasteiger partial charge in [-0.25, -0.2) is 0 Å². The molecule has 0 aromatic rings. The van der Waals surface area contributed by atoms with E-state index in [0.717, 1.165) is 13.1 Å². The van der Waals surface area contributed by atoms with E-state index in [9.17, 15) is 5.21 Å². The zero-order chi connectivity index (χ0) is 8.15. The Kier molecular flexibility index (Phi) is 4.65. The first kappa shape index (κ1) is 9.92. The lowest BCUT2D eigenvalue weighted by Crippen LogP contribution is -2.27. The van der Waals surface area contributed by atoms with Gasteiger partial charge in [-0.05, 0) is 11.8 Å². The Bertz CT molecular complexity index is 71.3. The van der Waals surface area contributed by atoms with E-state index in [0.29, 0.717) is 11.8 Å². The van der Waals surface area contributed by atoms with Crippen LogP contribution in [0.1, 0.15) is 27.7 Å². The van der Waals surface area contributed by atoms with Crippen LogP contribution in [0.25, 0.3) is 0 Å². The van der Waals surface area contributed by atoms with Gasteiger partial charge in [0.1, 0.15) is 0 Å². The Hall–Kier alpha value is -0.0800. The van der Waals surface area contributed by atoms with Crippen molar-refractivity contribution in [3.05, 3.63) is 0 Å². The van der Waals surface area contributed by atoms with E-state index in [1.807, 2.05) is 0 Å². The first-order valence-corrected chi connectivity index (χ1v) is 3.96. The van der Waals surface area contributed by atoms with Crippen LogP contribution in [0.15, 0.2) is 0 Å². The van der Waals surface area contributed by atoms with E-state index in [2.05, 4.69) is 27.7 Å². The summed E-state index contributed by atoms with van der Waals surface area (Å²) in [5.74, 6) is 1.09. The van der Waals surface area contributed by atoms with Crippen LogP contribution in [-0.4, -0.2) is 23.4 Å². The first-order valence-electron chi connectivity index (χ1n) is 3.96. The summed E-state index contributed by atoms with van der Waals surface area (Å²) in [5.41, 5.74) is 0. The van der Waals surface area contributed by atoms with Crippen molar-refractivity contribution in [2.75, 3.05) is 13.1 Å². The molecule has 0 saturated carbocycles. The molecule has 0 fully saturated rings. The fraction of sp³-hybridized carbons (Fsp3) is 1.00. The van der Waals surface area contributed by atoms with Gasteiger partial charge in [-0.1, -0.05) is 27.7 Å². The van der Waals surface area contributed by atoms with Gasteiger partial charge >= 0.3 is 0 Å². The van der Waals surface area contributed by atoms with Gasteiger partial charge in [0.2, 0.25) is 0 Å². The van der Waals surface area contributed by atoms with Crippen LogP contribution in [0, 0.1) is 11.8 Å². The Balaban J connectivity index is 3.34. The van der Waals surface area contributed by atoms with Crippen LogP contribution in [0.5, 0.6) is 0 Å². The van der Waals surface area contributed by atoms with Crippen molar-refractivity contribution >= 4 is 0 Å². The minimum Gasteiger partial charge on any atom is -0.314 e. The van der Waals surface area contributed by atoms with Gasteiger partial charge in [0.25, 0.3) is 0 Å². The predicted octanol–water partition coefficient (Wildman–Crippen LogP) is 1.99. The molecular weight excluding hydrogens is 126 g/mol. The fourth-order valence-electron chi connectivity index (χ4n) is 0.918. The smallest absolute Gasteiger partial charge is 0.0261 e. The molecule has 0 heterocycles. The number of hydrogen-bond donors (Lipinski definition) is 1. The van der Waals surface area contributed by atoms with Gasteiger partial charge in [0.15, 0.2) is 0 Å². The molecule has 0 aliphatic rings. The third-order valence-electron chi connectivity index (χ3n) is 1.15. The standard InChI is InChI=1S/C8H19NO/c1-7(2)5-9(10)6-8(3)4/h7-8,10H,5-6H2,1-4H3. The van der Waals surface area contributed by atoms with Crippen molar-refractivity contribution in [3.8, 4) is 0 Å². The minimum atomic E-state index is 0.545. The molecule has 10 heavy (non-hydrogen) atoms. The predicted molar refractivity (Wildman–Crippen MR) is 43.0 cm³/mol. The molecule has 0 bridgehead atoms. The van der Waals surface area contributed by atoms with Crippen LogP contribution in [0.2, 0.25) is 0 Å². The Labute approximate surface area is 63.8 Å². The van der Waals surface area contributed by atoms with Gasteiger partial charge in [-0.15, -0.1) is 0 Å². The molecule has 0 atom stereocenters. The average molecular weight is 145 g/mol. The zero-order valence-corrected chi connectivity index (χ0v) is 7.46. The van der Waals surface area contributed by atoms with Crippen LogP contribution >= 0.6 is 0 Å². The summed E-state index contributed by atoms with van der Waals surface area (Å²) in [6.07, 6.45) is 0. The summed E-state index contributed by atoms with van der Waals surface area (Å²) in [7, 11) is 0. The molecule has 62 valence electrons. The molecule has 0 aliphatic heterocycles. The summed E-state index contributed by atoms with van der Waals surface area (Å²) in [5, 5.41) is 10.6. The number of hydroxylamine groups is 2. The fourth-order valence-corrected chi connectivity index (χ4v) is 0.918. The van der Waals surface area contributed by atoms with Crippen molar-refractivity contribution in [1.82, 2.24) is 5.06 Å². The Morgan fingerprint density at radius 2 is 1.30 bits per heavy atom. The van der Waals surface area contributed by atoms with E-state index in [1.54, 1.807) is 0 Å². The third kappa shape index (κ3) is 6.05. The molecule has 0 aromatic heterocycles. The van der Waals surface area contributed by atoms with Gasteiger partial charge in [-0.2, -0.15) is 5.06 Å². The molecular formula is C8H19NO. The maximum Gasteiger partial charge on any atom is 0.0261 e. The minimum absolute atomic E-state index is 0.545. The van der Waals surface area contributed by atoms with E-state index >= 15 is 0 Å². The third-order valence-corrected chi connectivity index (χ3v) is 1.15. The molecule has 1 N–H and O–H groups in total. The first-order chi connectivity index (χ1) is 4.52. The highest BCUT2D eigenvalue weighted by atomic mass is 16.5. The lowest BCUT2D eigenvalue weighted by molar-refractivity contribution is -0.106. The van der Waals surface area contributed by atoms with Crippen molar-refractivity contribution < 1.29 is 5.21 Å². The van der Waals surface area contributed by atoms with Gasteiger partial charge < -0.3 is 5.21 Å². The lowest BCUT2D eigenvalue weighted by Gasteiger charge is -2.18. The second-order valence-corrected chi connectivity index (χ2v) is 3.66. The highest BCUT2D eigenvalue weighted by Crippen LogP contribution is 1.99. The molecule has 0 aliphatic carbocycles. The van der Waals surface area contributed by atoms with Crippen LogP contribution < -0.4 is 0 Å². The molecule has 0 radical (unpaired) electrons. The lowest BCUT2D eigenvalue weighted by atomic mass is 10.2. The second-order valence-electron chi connectivity index (χ2n) is 3.66. The van der Waals surface area contributed by atoms with E-state index in [-0.39, 0.29) is 0 Å². The number of hydrogen-bond acceptors (Lipinski definition) is 2. The van der Waals surface area contributed by atoms with Gasteiger partial charge in [0, 0.05) is 13.1 Å². The van der Waals surface area contributed by atoms with Crippen molar-refractivity contribution in [1.29, 1.82) is 0 Å². The van der Waals surface area contributed by atoms with Crippen LogP contribution in [0.4, 0.5) is 0 Å². The molecule has 2 heteroatoms. The maximum absolute atomic E-state index is 9.22. The molecule has 0 aromatic carbocycles. The molecule has 0 amide bonds. The Morgan fingerprint density at radius 1 is 1.00 bits per heavy atom. The monoisotopic (exact) mass is 145 g/mol. The topological polar surface area (TPSA) is 23.5 Å². The maximum atomic E-state index is 9.22. The summed E-state index contributed by atoms with van der Waals surface area (Å²) in [6, 6.07) is 0. The molecule has 0 rings (SSSR count). The second kappa shape index (κ2) is 4.69. The summed E-state index contributed by atoms with van der Waals surface area (Å²) in [4.78, 5) is 0.